The van der Waals surface area contributed by atoms with Crippen LogP contribution in [0.25, 0.3) is 0 Å². The number of aliphatic hydroxyl groups is 1. The van der Waals surface area contributed by atoms with Gasteiger partial charge in [0.05, 0.1) is 12.7 Å². The van der Waals surface area contributed by atoms with E-state index in [9.17, 15) is 5.11 Å². The number of aliphatic hydroxyl groups excluding tert-OH is 1. The van der Waals surface area contributed by atoms with Gasteiger partial charge in [0.25, 0.3) is 0 Å². The summed E-state index contributed by atoms with van der Waals surface area (Å²) >= 11 is 3.41. The third kappa shape index (κ3) is 2.72. The second-order valence-electron chi connectivity index (χ2n) is 3.04. The van der Waals surface area contributed by atoms with Gasteiger partial charge in [0, 0.05) is 4.47 Å². The highest BCUT2D eigenvalue weighted by atomic mass is 79.9. The fourth-order valence-electron chi connectivity index (χ4n) is 1.25. The fourth-order valence-corrected chi connectivity index (χ4v) is 1.76. The van der Waals surface area contributed by atoms with Crippen LogP contribution in [0, 0.1) is 0 Å². The first-order valence-corrected chi connectivity index (χ1v) is 5.58. The highest BCUT2D eigenvalue weighted by Gasteiger charge is 2.10. The molecule has 1 rings (SSSR count). The molecule has 78 valence electrons. The lowest BCUT2D eigenvalue weighted by Gasteiger charge is -2.12. The molecule has 1 aromatic carbocycles. The van der Waals surface area contributed by atoms with E-state index in [0.29, 0.717) is 13.0 Å². The van der Waals surface area contributed by atoms with Gasteiger partial charge in [-0.15, -0.1) is 0 Å². The van der Waals surface area contributed by atoms with Crippen LogP contribution in [-0.4, -0.2) is 11.7 Å². The molecule has 0 fully saturated rings. The second kappa shape index (κ2) is 5.37. The van der Waals surface area contributed by atoms with Gasteiger partial charge in [0.1, 0.15) is 5.75 Å². The van der Waals surface area contributed by atoms with Gasteiger partial charge in [-0.3, -0.25) is 0 Å². The summed E-state index contributed by atoms with van der Waals surface area (Å²) in [7, 11) is 0. The molecule has 0 saturated carbocycles. The molecule has 1 aromatic rings. The van der Waals surface area contributed by atoms with Gasteiger partial charge in [-0.25, -0.2) is 0 Å². The van der Waals surface area contributed by atoms with Crippen LogP contribution in [0.4, 0.5) is 0 Å². The number of rotatable bonds is 4. The smallest absolute Gasteiger partial charge is 0.119 e. The fraction of sp³-hybridized carbons (Fsp3) is 0.455. The number of halogens is 1. The predicted molar refractivity (Wildman–Crippen MR) is 60.6 cm³/mol. The van der Waals surface area contributed by atoms with Crippen molar-refractivity contribution in [3.8, 4) is 5.75 Å². The normalized spacial score (nSPS) is 12.6. The van der Waals surface area contributed by atoms with Crippen LogP contribution in [0.1, 0.15) is 31.9 Å². The lowest BCUT2D eigenvalue weighted by Crippen LogP contribution is -1.98. The lowest BCUT2D eigenvalue weighted by molar-refractivity contribution is 0.172. The quantitative estimate of drug-likeness (QED) is 0.899. The topological polar surface area (TPSA) is 29.5 Å². The Morgan fingerprint density at radius 3 is 2.71 bits per heavy atom. The summed E-state index contributed by atoms with van der Waals surface area (Å²) in [5.74, 6) is 0.804. The molecule has 3 heteroatoms. The molecule has 1 atom stereocenters. The van der Waals surface area contributed by atoms with E-state index in [1.165, 1.54) is 0 Å². The van der Waals surface area contributed by atoms with Gasteiger partial charge >= 0.3 is 0 Å². The molecule has 14 heavy (non-hydrogen) atoms. The molecule has 1 N–H and O–H groups in total. The first kappa shape index (κ1) is 11.5. The molecule has 0 heterocycles. The number of benzene rings is 1. The Labute approximate surface area is 93.0 Å². The summed E-state index contributed by atoms with van der Waals surface area (Å²) in [6, 6.07) is 5.67. The molecular weight excluding hydrogens is 244 g/mol. The Kier molecular flexibility index (Phi) is 4.42. The maximum Gasteiger partial charge on any atom is 0.119 e. The van der Waals surface area contributed by atoms with Crippen LogP contribution in [-0.2, 0) is 0 Å². The van der Waals surface area contributed by atoms with Gasteiger partial charge in [0.15, 0.2) is 0 Å². The lowest BCUT2D eigenvalue weighted by atomic mass is 10.1. The van der Waals surface area contributed by atoms with E-state index < -0.39 is 6.10 Å². The minimum atomic E-state index is -0.426. The SMILES string of the molecule is CCOc1ccc(Br)c(C(O)CC)c1. The first-order chi connectivity index (χ1) is 6.69. The molecule has 0 aromatic heterocycles. The van der Waals surface area contributed by atoms with Gasteiger partial charge in [-0.2, -0.15) is 0 Å². The Balaban J connectivity index is 2.95. The van der Waals surface area contributed by atoms with E-state index in [1.807, 2.05) is 32.0 Å². The second-order valence-corrected chi connectivity index (χ2v) is 3.89. The van der Waals surface area contributed by atoms with Gasteiger partial charge in [-0.1, -0.05) is 22.9 Å². The molecule has 0 bridgehead atoms. The van der Waals surface area contributed by atoms with Crippen LogP contribution < -0.4 is 4.74 Å². The molecular formula is C11H15BrO2. The monoisotopic (exact) mass is 258 g/mol. The number of ether oxygens (including phenoxy) is 1. The summed E-state index contributed by atoms with van der Waals surface area (Å²) in [6.45, 7) is 4.53. The standard InChI is InChI=1S/C11H15BrO2/c1-3-11(13)9-7-8(14-4-2)5-6-10(9)12/h5-7,11,13H,3-4H2,1-2H3. The van der Waals surface area contributed by atoms with Crippen LogP contribution >= 0.6 is 15.9 Å². The zero-order chi connectivity index (χ0) is 10.6. The predicted octanol–water partition coefficient (Wildman–Crippen LogP) is 3.29. The van der Waals surface area contributed by atoms with E-state index in [2.05, 4.69) is 15.9 Å². The summed E-state index contributed by atoms with van der Waals surface area (Å²) in [5, 5.41) is 9.72. The molecule has 0 spiro atoms. The van der Waals surface area contributed by atoms with Crippen molar-refractivity contribution in [3.05, 3.63) is 28.2 Å². The highest BCUT2D eigenvalue weighted by Crippen LogP contribution is 2.29. The minimum absolute atomic E-state index is 0.426. The van der Waals surface area contributed by atoms with E-state index in [-0.39, 0.29) is 0 Å². The van der Waals surface area contributed by atoms with Crippen molar-refractivity contribution in [3.63, 3.8) is 0 Å². The first-order valence-electron chi connectivity index (χ1n) is 4.79. The van der Waals surface area contributed by atoms with Gasteiger partial charge in [0.2, 0.25) is 0 Å². The molecule has 1 unspecified atom stereocenters. The van der Waals surface area contributed by atoms with E-state index in [1.54, 1.807) is 0 Å². The maximum atomic E-state index is 9.72. The molecule has 0 aliphatic rings. The summed E-state index contributed by atoms with van der Waals surface area (Å²) in [6.07, 6.45) is 0.276. The maximum absolute atomic E-state index is 9.72. The molecule has 0 aliphatic heterocycles. The zero-order valence-corrected chi connectivity index (χ0v) is 10.0. The average Bonchev–Trinajstić information content (AvgIpc) is 2.20. The van der Waals surface area contributed by atoms with Crippen molar-refractivity contribution in [2.24, 2.45) is 0 Å². The highest BCUT2D eigenvalue weighted by molar-refractivity contribution is 9.10. The van der Waals surface area contributed by atoms with Crippen LogP contribution in [0.5, 0.6) is 5.75 Å². The summed E-state index contributed by atoms with van der Waals surface area (Å²) < 4.78 is 6.29. The van der Waals surface area contributed by atoms with Crippen LogP contribution in [0.2, 0.25) is 0 Å². The van der Waals surface area contributed by atoms with E-state index in [0.717, 1.165) is 15.8 Å². The largest absolute Gasteiger partial charge is 0.494 e. The Morgan fingerprint density at radius 1 is 1.43 bits per heavy atom. The molecule has 0 amide bonds. The Bertz CT molecular complexity index is 299. The summed E-state index contributed by atoms with van der Waals surface area (Å²) in [4.78, 5) is 0. The Morgan fingerprint density at radius 2 is 2.14 bits per heavy atom. The van der Waals surface area contributed by atoms with Crippen molar-refractivity contribution < 1.29 is 9.84 Å². The van der Waals surface area contributed by atoms with E-state index in [4.69, 9.17) is 4.74 Å². The third-order valence-corrected chi connectivity index (χ3v) is 2.75. The zero-order valence-electron chi connectivity index (χ0n) is 8.46. The minimum Gasteiger partial charge on any atom is -0.494 e. The molecule has 2 nitrogen and oxygen atoms in total. The van der Waals surface area contributed by atoms with Crippen molar-refractivity contribution in [2.45, 2.75) is 26.4 Å². The number of hydrogen-bond acceptors (Lipinski definition) is 2. The van der Waals surface area contributed by atoms with Crippen molar-refractivity contribution in [1.29, 1.82) is 0 Å². The van der Waals surface area contributed by atoms with Crippen molar-refractivity contribution in [1.82, 2.24) is 0 Å². The average molecular weight is 259 g/mol. The van der Waals surface area contributed by atoms with Crippen molar-refractivity contribution in [2.75, 3.05) is 6.61 Å². The van der Waals surface area contributed by atoms with Crippen LogP contribution in [0.3, 0.4) is 0 Å². The number of hydrogen-bond donors (Lipinski definition) is 1. The molecule has 0 aliphatic carbocycles. The van der Waals surface area contributed by atoms with Gasteiger partial charge < -0.3 is 9.84 Å². The molecule has 0 saturated heterocycles. The summed E-state index contributed by atoms with van der Waals surface area (Å²) in [5.41, 5.74) is 0.887. The van der Waals surface area contributed by atoms with Crippen molar-refractivity contribution >= 4 is 15.9 Å². The Hall–Kier alpha value is -0.540. The molecule has 0 radical (unpaired) electrons. The van der Waals surface area contributed by atoms with Crippen LogP contribution in [0.15, 0.2) is 22.7 Å². The van der Waals surface area contributed by atoms with E-state index >= 15 is 0 Å². The van der Waals surface area contributed by atoms with Gasteiger partial charge in [-0.05, 0) is 37.1 Å². The third-order valence-electron chi connectivity index (χ3n) is 2.02.